The van der Waals surface area contributed by atoms with Crippen LogP contribution >= 0.6 is 0 Å². The lowest BCUT2D eigenvalue weighted by molar-refractivity contribution is -0.120. The minimum Gasteiger partial charge on any atom is -0.364 e. The average molecular weight is 263 g/mol. The molecule has 0 saturated carbocycles. The predicted octanol–water partition coefficient (Wildman–Crippen LogP) is 0.964. The molecular weight excluding hydrogens is 254 g/mol. The Labute approximate surface area is 99.6 Å². The van der Waals surface area contributed by atoms with E-state index in [9.17, 15) is 22.4 Å². The zero-order valence-corrected chi connectivity index (χ0v) is 9.14. The molecule has 2 heterocycles. The molecule has 1 saturated heterocycles. The van der Waals surface area contributed by atoms with Crippen LogP contribution in [0.15, 0.2) is 0 Å². The lowest BCUT2D eigenvalue weighted by atomic mass is 10.3. The van der Waals surface area contributed by atoms with Crippen LogP contribution < -0.4 is 10.2 Å². The first-order valence-corrected chi connectivity index (χ1v) is 5.22. The topological polar surface area (TPSA) is 45.2 Å². The fourth-order valence-electron chi connectivity index (χ4n) is 1.74. The van der Waals surface area contributed by atoms with Gasteiger partial charge >= 0.3 is 0 Å². The van der Waals surface area contributed by atoms with Crippen LogP contribution in [0.4, 0.5) is 23.2 Å². The van der Waals surface area contributed by atoms with Crippen molar-refractivity contribution >= 4 is 11.6 Å². The van der Waals surface area contributed by atoms with Gasteiger partial charge in [0.2, 0.25) is 17.5 Å². The highest BCUT2D eigenvalue weighted by Gasteiger charge is 2.26. The summed E-state index contributed by atoms with van der Waals surface area (Å²) >= 11 is 0. The van der Waals surface area contributed by atoms with Gasteiger partial charge in [-0.1, -0.05) is 0 Å². The molecule has 18 heavy (non-hydrogen) atoms. The van der Waals surface area contributed by atoms with Crippen molar-refractivity contribution in [3.63, 3.8) is 0 Å². The lowest BCUT2D eigenvalue weighted by Crippen LogP contribution is -2.30. The maximum atomic E-state index is 13.5. The van der Waals surface area contributed by atoms with Gasteiger partial charge in [-0.3, -0.25) is 4.79 Å². The maximum Gasteiger partial charge on any atom is 0.253 e. The van der Waals surface area contributed by atoms with Gasteiger partial charge in [-0.15, -0.1) is 0 Å². The van der Waals surface area contributed by atoms with Gasteiger partial charge in [0, 0.05) is 26.1 Å². The van der Waals surface area contributed by atoms with E-state index in [0.717, 1.165) is 4.90 Å². The Hall–Kier alpha value is -1.86. The first-order chi connectivity index (χ1) is 8.50. The van der Waals surface area contributed by atoms with E-state index >= 15 is 0 Å². The van der Waals surface area contributed by atoms with E-state index in [-0.39, 0.29) is 32.0 Å². The molecule has 0 atom stereocenters. The van der Waals surface area contributed by atoms with Crippen molar-refractivity contribution < 1.29 is 22.4 Å². The number of nitrogens with zero attached hydrogens (tertiary/aromatic N) is 2. The lowest BCUT2D eigenvalue weighted by Gasteiger charge is -2.22. The highest BCUT2D eigenvalue weighted by molar-refractivity contribution is 5.77. The Bertz CT molecular complexity index is 468. The van der Waals surface area contributed by atoms with E-state index in [1.165, 1.54) is 0 Å². The number of pyridine rings is 1. The molecule has 0 spiro atoms. The summed E-state index contributed by atoms with van der Waals surface area (Å²) in [6.07, 6.45) is -0.00948. The molecule has 0 bridgehead atoms. The van der Waals surface area contributed by atoms with Crippen molar-refractivity contribution in [1.82, 2.24) is 10.3 Å². The van der Waals surface area contributed by atoms with Crippen molar-refractivity contribution in [2.45, 2.75) is 6.42 Å². The monoisotopic (exact) mass is 263 g/mol. The number of anilines is 1. The molecule has 4 nitrogen and oxygen atoms in total. The first kappa shape index (κ1) is 12.6. The molecule has 1 aromatic rings. The van der Waals surface area contributed by atoms with Gasteiger partial charge in [-0.25, -0.2) is 0 Å². The van der Waals surface area contributed by atoms with Crippen LogP contribution in [-0.4, -0.2) is 30.5 Å². The van der Waals surface area contributed by atoms with Gasteiger partial charge in [0.05, 0.1) is 0 Å². The van der Waals surface area contributed by atoms with Gasteiger partial charge in [-0.05, 0) is 0 Å². The first-order valence-electron chi connectivity index (χ1n) is 5.22. The molecule has 1 N–H and O–H groups in total. The summed E-state index contributed by atoms with van der Waals surface area (Å²) in [7, 11) is 0. The Morgan fingerprint density at radius 1 is 1.06 bits per heavy atom. The van der Waals surface area contributed by atoms with E-state index in [2.05, 4.69) is 10.3 Å². The highest BCUT2D eigenvalue weighted by Crippen LogP contribution is 2.26. The standard InChI is InChI=1S/C10H9F4N3O/c11-6-8(7(12)10(14)16-9(6)13)17-3-1-5(18)15-2-4-17/h1-4H2,(H,15,18). The van der Waals surface area contributed by atoms with Crippen LogP contribution in [-0.2, 0) is 4.79 Å². The summed E-state index contributed by atoms with van der Waals surface area (Å²) in [4.78, 5) is 14.6. The molecule has 1 aromatic heterocycles. The van der Waals surface area contributed by atoms with Gasteiger partial charge in [-0.2, -0.15) is 22.5 Å². The Balaban J connectivity index is 2.40. The Kier molecular flexibility index (Phi) is 3.35. The number of carbonyl (C=O) groups is 1. The fourth-order valence-corrected chi connectivity index (χ4v) is 1.74. The second-order valence-electron chi connectivity index (χ2n) is 3.76. The van der Waals surface area contributed by atoms with E-state index in [1.807, 2.05) is 0 Å². The highest BCUT2D eigenvalue weighted by atomic mass is 19.2. The van der Waals surface area contributed by atoms with E-state index in [0.29, 0.717) is 0 Å². The molecule has 1 aliphatic rings. The number of amides is 1. The second-order valence-corrected chi connectivity index (χ2v) is 3.76. The second kappa shape index (κ2) is 4.79. The quantitative estimate of drug-likeness (QED) is 0.606. The van der Waals surface area contributed by atoms with Crippen LogP contribution in [0.25, 0.3) is 0 Å². The molecule has 98 valence electrons. The fraction of sp³-hybridized carbons (Fsp3) is 0.400. The van der Waals surface area contributed by atoms with Gasteiger partial charge < -0.3 is 10.2 Å². The molecule has 2 rings (SSSR count). The van der Waals surface area contributed by atoms with Crippen LogP contribution in [0, 0.1) is 23.5 Å². The van der Waals surface area contributed by atoms with Crippen LogP contribution in [0.3, 0.4) is 0 Å². The van der Waals surface area contributed by atoms with E-state index in [4.69, 9.17) is 0 Å². The number of rotatable bonds is 1. The maximum absolute atomic E-state index is 13.5. The molecule has 0 aromatic carbocycles. The molecule has 1 aliphatic heterocycles. The number of carbonyl (C=O) groups excluding carboxylic acids is 1. The number of hydrogen-bond donors (Lipinski definition) is 1. The molecule has 0 aliphatic carbocycles. The number of aromatic nitrogens is 1. The van der Waals surface area contributed by atoms with Crippen LogP contribution in [0.2, 0.25) is 0 Å². The van der Waals surface area contributed by atoms with Crippen LogP contribution in [0.5, 0.6) is 0 Å². The predicted molar refractivity (Wildman–Crippen MR) is 53.9 cm³/mol. The summed E-state index contributed by atoms with van der Waals surface area (Å²) in [5.74, 6) is -6.79. The third-order valence-electron chi connectivity index (χ3n) is 2.60. The van der Waals surface area contributed by atoms with E-state index < -0.39 is 29.2 Å². The van der Waals surface area contributed by atoms with Crippen molar-refractivity contribution in [3.05, 3.63) is 23.5 Å². The molecule has 0 unspecified atom stereocenters. The molecular formula is C10H9F4N3O. The Morgan fingerprint density at radius 3 is 2.28 bits per heavy atom. The van der Waals surface area contributed by atoms with Crippen LogP contribution in [0.1, 0.15) is 6.42 Å². The minimum atomic E-state index is -1.70. The summed E-state index contributed by atoms with van der Waals surface area (Å²) in [5.41, 5.74) is -0.823. The SMILES string of the molecule is O=C1CCN(c2c(F)c(F)nc(F)c2F)CCN1. The average Bonchev–Trinajstić information content (AvgIpc) is 2.53. The molecule has 0 radical (unpaired) electrons. The Morgan fingerprint density at radius 2 is 1.67 bits per heavy atom. The number of halogens is 4. The van der Waals surface area contributed by atoms with Gasteiger partial charge in [0.15, 0.2) is 0 Å². The van der Waals surface area contributed by atoms with Crippen molar-refractivity contribution in [3.8, 4) is 0 Å². The molecule has 1 amide bonds. The summed E-state index contributed by atoms with van der Waals surface area (Å²) in [5, 5.41) is 2.48. The third kappa shape index (κ3) is 2.22. The molecule has 8 heteroatoms. The zero-order chi connectivity index (χ0) is 13.3. The third-order valence-corrected chi connectivity index (χ3v) is 2.60. The summed E-state index contributed by atoms with van der Waals surface area (Å²) < 4.78 is 52.8. The largest absolute Gasteiger partial charge is 0.364 e. The smallest absolute Gasteiger partial charge is 0.253 e. The number of hydrogen-bond acceptors (Lipinski definition) is 3. The number of nitrogens with one attached hydrogen (secondary N) is 1. The van der Waals surface area contributed by atoms with Crippen molar-refractivity contribution in [2.24, 2.45) is 0 Å². The van der Waals surface area contributed by atoms with Crippen molar-refractivity contribution in [2.75, 3.05) is 24.5 Å². The summed E-state index contributed by atoms with van der Waals surface area (Å²) in [6, 6.07) is 0. The molecule has 1 fully saturated rings. The van der Waals surface area contributed by atoms with Gasteiger partial charge in [0.25, 0.3) is 11.9 Å². The normalized spacial score (nSPS) is 16.4. The van der Waals surface area contributed by atoms with E-state index in [1.54, 1.807) is 0 Å². The van der Waals surface area contributed by atoms with Gasteiger partial charge in [0.1, 0.15) is 5.69 Å². The minimum absolute atomic E-state index is 0.00948. The zero-order valence-electron chi connectivity index (χ0n) is 9.14. The summed E-state index contributed by atoms with van der Waals surface area (Å²) in [6.45, 7) is 0.175. The van der Waals surface area contributed by atoms with Crippen molar-refractivity contribution in [1.29, 1.82) is 0 Å².